The fraction of sp³-hybridized carbons (Fsp3) is 0.500. The van der Waals surface area contributed by atoms with Crippen LogP contribution in [0.4, 0.5) is 0 Å². The summed E-state index contributed by atoms with van der Waals surface area (Å²) in [4.78, 5) is 16.5. The number of carbonyl (C=O) groups is 1. The molecule has 0 N–H and O–H groups in total. The largest absolute Gasteiger partial charge is 0.336 e. The van der Waals surface area contributed by atoms with Gasteiger partial charge in [-0.3, -0.25) is 9.69 Å². The lowest BCUT2D eigenvalue weighted by Crippen LogP contribution is -2.51. The van der Waals surface area contributed by atoms with Gasteiger partial charge in [0.15, 0.2) is 0 Å². The quantitative estimate of drug-likeness (QED) is 0.862. The number of rotatable bonds is 3. The minimum Gasteiger partial charge on any atom is -0.336 e. The van der Waals surface area contributed by atoms with Gasteiger partial charge in [-0.1, -0.05) is 18.5 Å². The number of aryl methyl sites for hydroxylation is 1. The summed E-state index contributed by atoms with van der Waals surface area (Å²) in [5.74, 6) is 0.0188. The lowest BCUT2D eigenvalue weighted by atomic mass is 10.1. The number of nitrogens with zero attached hydrogens (tertiary/aromatic N) is 3. The number of hydrogen-bond donors (Lipinski definition) is 0. The number of nitriles is 1. The highest BCUT2D eigenvalue weighted by molar-refractivity contribution is 6.31. The zero-order valence-corrected chi connectivity index (χ0v) is 13.2. The van der Waals surface area contributed by atoms with E-state index in [9.17, 15) is 4.79 Å². The summed E-state index contributed by atoms with van der Waals surface area (Å²) in [6.45, 7) is 6.75. The van der Waals surface area contributed by atoms with Crippen LogP contribution in [0.5, 0.6) is 0 Å². The van der Waals surface area contributed by atoms with Crippen molar-refractivity contribution in [3.8, 4) is 6.07 Å². The van der Waals surface area contributed by atoms with Crippen molar-refractivity contribution in [1.82, 2.24) is 9.80 Å². The average molecular weight is 306 g/mol. The maximum absolute atomic E-state index is 12.5. The maximum atomic E-state index is 12.5. The van der Waals surface area contributed by atoms with Crippen LogP contribution in [-0.2, 0) is 0 Å². The van der Waals surface area contributed by atoms with Crippen molar-refractivity contribution in [1.29, 1.82) is 5.26 Å². The number of benzene rings is 1. The van der Waals surface area contributed by atoms with Crippen molar-refractivity contribution < 1.29 is 4.79 Å². The molecule has 1 aromatic carbocycles. The number of halogens is 1. The van der Waals surface area contributed by atoms with E-state index in [-0.39, 0.29) is 11.9 Å². The summed E-state index contributed by atoms with van der Waals surface area (Å²) in [5.41, 5.74) is 1.63. The lowest BCUT2D eigenvalue weighted by molar-refractivity contribution is 0.0604. The molecule has 0 aliphatic carbocycles. The van der Waals surface area contributed by atoms with Crippen molar-refractivity contribution in [3.05, 3.63) is 34.3 Å². The van der Waals surface area contributed by atoms with Crippen LogP contribution in [0.2, 0.25) is 5.02 Å². The Morgan fingerprint density at radius 1 is 1.33 bits per heavy atom. The molecule has 5 heteroatoms. The Morgan fingerprint density at radius 3 is 2.52 bits per heavy atom. The van der Waals surface area contributed by atoms with Gasteiger partial charge in [0.05, 0.1) is 12.1 Å². The molecule has 0 bridgehead atoms. The number of carbonyl (C=O) groups excluding carboxylic acids is 1. The molecule has 1 aliphatic heterocycles. The van der Waals surface area contributed by atoms with Gasteiger partial charge in [0.2, 0.25) is 0 Å². The third kappa shape index (κ3) is 3.75. The summed E-state index contributed by atoms with van der Waals surface area (Å²) >= 11 is 6.02. The minimum absolute atomic E-state index is 0.0188. The molecule has 0 saturated carbocycles. The zero-order valence-electron chi connectivity index (χ0n) is 12.5. The number of piperazine rings is 1. The van der Waals surface area contributed by atoms with Gasteiger partial charge in [0.25, 0.3) is 5.91 Å². The summed E-state index contributed by atoms with van der Waals surface area (Å²) < 4.78 is 0. The molecule has 0 radical (unpaired) electrons. The third-order valence-electron chi connectivity index (χ3n) is 3.87. The Bertz CT molecular complexity index is 539. The van der Waals surface area contributed by atoms with Crippen molar-refractivity contribution >= 4 is 17.5 Å². The number of hydrogen-bond acceptors (Lipinski definition) is 3. The van der Waals surface area contributed by atoms with E-state index in [0.29, 0.717) is 23.7 Å². The van der Waals surface area contributed by atoms with Crippen LogP contribution in [0.15, 0.2) is 18.2 Å². The SMILES string of the molecule is CCC(C#N)N1CCN(C(=O)c2cc(C)cc(Cl)c2)CC1. The van der Waals surface area contributed by atoms with E-state index < -0.39 is 0 Å². The molecular formula is C16H20ClN3O. The van der Waals surface area contributed by atoms with Gasteiger partial charge in [-0.25, -0.2) is 0 Å². The topological polar surface area (TPSA) is 47.3 Å². The van der Waals surface area contributed by atoms with E-state index in [1.165, 1.54) is 0 Å². The van der Waals surface area contributed by atoms with E-state index in [2.05, 4.69) is 11.0 Å². The molecule has 112 valence electrons. The van der Waals surface area contributed by atoms with Gasteiger partial charge in [-0.05, 0) is 37.1 Å². The molecule has 0 spiro atoms. The molecule has 1 aromatic rings. The Hall–Kier alpha value is -1.57. The summed E-state index contributed by atoms with van der Waals surface area (Å²) in [5, 5.41) is 9.70. The van der Waals surface area contributed by atoms with Crippen molar-refractivity contribution in [2.45, 2.75) is 26.3 Å². The Labute approximate surface area is 130 Å². The molecule has 1 saturated heterocycles. The summed E-state index contributed by atoms with van der Waals surface area (Å²) in [6, 6.07) is 7.70. The maximum Gasteiger partial charge on any atom is 0.254 e. The highest BCUT2D eigenvalue weighted by Gasteiger charge is 2.25. The van der Waals surface area contributed by atoms with Gasteiger partial charge >= 0.3 is 0 Å². The molecule has 2 rings (SSSR count). The molecule has 1 aliphatic rings. The Morgan fingerprint density at radius 2 is 2.00 bits per heavy atom. The van der Waals surface area contributed by atoms with Gasteiger partial charge in [-0.2, -0.15) is 5.26 Å². The molecule has 4 nitrogen and oxygen atoms in total. The van der Waals surface area contributed by atoms with E-state index in [1.54, 1.807) is 6.07 Å². The predicted molar refractivity (Wildman–Crippen MR) is 83.4 cm³/mol. The lowest BCUT2D eigenvalue weighted by Gasteiger charge is -2.36. The van der Waals surface area contributed by atoms with Crippen LogP contribution in [0, 0.1) is 18.3 Å². The molecule has 1 amide bonds. The van der Waals surface area contributed by atoms with Crippen LogP contribution in [0.3, 0.4) is 0 Å². The van der Waals surface area contributed by atoms with Crippen molar-refractivity contribution in [2.24, 2.45) is 0 Å². The standard InChI is InChI=1S/C16H20ClN3O/c1-3-15(11-18)19-4-6-20(7-5-19)16(21)13-8-12(2)9-14(17)10-13/h8-10,15H,3-7H2,1-2H3. The Balaban J connectivity index is 2.02. The summed E-state index contributed by atoms with van der Waals surface area (Å²) in [6.07, 6.45) is 0.817. The molecule has 1 heterocycles. The number of amides is 1. The smallest absolute Gasteiger partial charge is 0.254 e. The van der Waals surface area contributed by atoms with Gasteiger partial charge in [0, 0.05) is 36.8 Å². The van der Waals surface area contributed by atoms with E-state index in [0.717, 1.165) is 25.1 Å². The van der Waals surface area contributed by atoms with Crippen LogP contribution in [0.1, 0.15) is 29.3 Å². The normalized spacial score (nSPS) is 17.3. The minimum atomic E-state index is -0.0457. The van der Waals surface area contributed by atoms with Crippen LogP contribution >= 0.6 is 11.6 Å². The molecule has 21 heavy (non-hydrogen) atoms. The molecular weight excluding hydrogens is 286 g/mol. The Kier molecular flexibility index (Phi) is 5.22. The van der Waals surface area contributed by atoms with Crippen LogP contribution in [0.25, 0.3) is 0 Å². The van der Waals surface area contributed by atoms with Gasteiger partial charge < -0.3 is 4.90 Å². The predicted octanol–water partition coefficient (Wildman–Crippen LogP) is 2.71. The molecule has 1 atom stereocenters. The first-order valence-corrected chi connectivity index (χ1v) is 7.63. The molecule has 1 unspecified atom stereocenters. The molecule has 0 aromatic heterocycles. The van der Waals surface area contributed by atoms with Gasteiger partial charge in [-0.15, -0.1) is 0 Å². The first-order valence-electron chi connectivity index (χ1n) is 7.25. The van der Waals surface area contributed by atoms with Crippen molar-refractivity contribution in [2.75, 3.05) is 26.2 Å². The van der Waals surface area contributed by atoms with Gasteiger partial charge in [0.1, 0.15) is 0 Å². The fourth-order valence-electron chi connectivity index (χ4n) is 2.71. The first-order chi connectivity index (χ1) is 10.0. The molecule has 1 fully saturated rings. The second kappa shape index (κ2) is 6.93. The second-order valence-corrected chi connectivity index (χ2v) is 5.84. The second-order valence-electron chi connectivity index (χ2n) is 5.40. The van der Waals surface area contributed by atoms with E-state index in [4.69, 9.17) is 16.9 Å². The summed E-state index contributed by atoms with van der Waals surface area (Å²) in [7, 11) is 0. The monoisotopic (exact) mass is 305 g/mol. The van der Waals surface area contributed by atoms with Crippen LogP contribution < -0.4 is 0 Å². The highest BCUT2D eigenvalue weighted by Crippen LogP contribution is 2.17. The first kappa shape index (κ1) is 15.8. The van der Waals surface area contributed by atoms with E-state index >= 15 is 0 Å². The average Bonchev–Trinajstić information content (AvgIpc) is 2.47. The fourth-order valence-corrected chi connectivity index (χ4v) is 3.00. The van der Waals surface area contributed by atoms with E-state index in [1.807, 2.05) is 30.9 Å². The van der Waals surface area contributed by atoms with Crippen molar-refractivity contribution in [3.63, 3.8) is 0 Å². The highest BCUT2D eigenvalue weighted by atomic mass is 35.5. The zero-order chi connectivity index (χ0) is 15.4. The third-order valence-corrected chi connectivity index (χ3v) is 4.09. The van der Waals surface area contributed by atoms with Crippen LogP contribution in [-0.4, -0.2) is 47.9 Å².